The first-order chi connectivity index (χ1) is 14.7. The van der Waals surface area contributed by atoms with Gasteiger partial charge in [-0.25, -0.2) is 12.7 Å². The van der Waals surface area contributed by atoms with Gasteiger partial charge in [-0.2, -0.15) is 0 Å². The smallest absolute Gasteiger partial charge is 0.253 e. The molecule has 0 bridgehead atoms. The number of benzene rings is 2. The van der Waals surface area contributed by atoms with Crippen LogP contribution in [0.4, 0.5) is 11.4 Å². The average Bonchev–Trinajstić information content (AvgIpc) is 2.96. The van der Waals surface area contributed by atoms with Crippen LogP contribution in [-0.2, 0) is 14.8 Å². The van der Waals surface area contributed by atoms with Crippen molar-refractivity contribution in [1.82, 2.24) is 4.90 Å². The SMILES string of the molecule is Cc1cccc(N2CCN(C(=O)c3ccc(N4C(=O)C(C)CS4(=O)=O)cc3)CC2)c1C. The average molecular weight is 442 g/mol. The van der Waals surface area contributed by atoms with Crippen molar-refractivity contribution in [2.45, 2.75) is 20.8 Å². The van der Waals surface area contributed by atoms with Crippen LogP contribution in [0.15, 0.2) is 42.5 Å². The lowest BCUT2D eigenvalue weighted by Gasteiger charge is -2.37. The van der Waals surface area contributed by atoms with Crippen molar-refractivity contribution in [1.29, 1.82) is 0 Å². The van der Waals surface area contributed by atoms with Gasteiger partial charge in [0.05, 0.1) is 17.4 Å². The molecular weight excluding hydrogens is 414 g/mol. The zero-order valence-electron chi connectivity index (χ0n) is 18.0. The van der Waals surface area contributed by atoms with Crippen molar-refractivity contribution in [2.24, 2.45) is 5.92 Å². The summed E-state index contributed by atoms with van der Waals surface area (Å²) in [6.07, 6.45) is 0. The first-order valence-electron chi connectivity index (χ1n) is 10.5. The summed E-state index contributed by atoms with van der Waals surface area (Å²) in [5.41, 5.74) is 4.50. The largest absolute Gasteiger partial charge is 0.368 e. The molecule has 0 aliphatic carbocycles. The molecule has 164 valence electrons. The number of rotatable bonds is 3. The lowest BCUT2D eigenvalue weighted by atomic mass is 10.1. The van der Waals surface area contributed by atoms with Crippen molar-refractivity contribution in [3.63, 3.8) is 0 Å². The van der Waals surface area contributed by atoms with Gasteiger partial charge in [-0.3, -0.25) is 9.59 Å². The highest BCUT2D eigenvalue weighted by molar-refractivity contribution is 7.94. The summed E-state index contributed by atoms with van der Waals surface area (Å²) in [7, 11) is -3.65. The molecule has 1 atom stereocenters. The molecule has 31 heavy (non-hydrogen) atoms. The highest BCUT2D eigenvalue weighted by Crippen LogP contribution is 2.29. The maximum absolute atomic E-state index is 12.9. The number of anilines is 2. The number of nitrogens with zero attached hydrogens (tertiary/aromatic N) is 3. The highest BCUT2D eigenvalue weighted by Gasteiger charge is 2.42. The Kier molecular flexibility index (Phi) is 5.51. The van der Waals surface area contributed by atoms with E-state index in [0.717, 1.165) is 17.4 Å². The van der Waals surface area contributed by atoms with Crippen LogP contribution in [0.1, 0.15) is 28.4 Å². The van der Waals surface area contributed by atoms with Gasteiger partial charge in [0.25, 0.3) is 5.91 Å². The molecule has 0 radical (unpaired) electrons. The van der Waals surface area contributed by atoms with Crippen molar-refractivity contribution < 1.29 is 18.0 Å². The van der Waals surface area contributed by atoms with E-state index in [9.17, 15) is 18.0 Å². The quantitative estimate of drug-likeness (QED) is 0.732. The monoisotopic (exact) mass is 441 g/mol. The molecule has 4 rings (SSSR count). The van der Waals surface area contributed by atoms with Gasteiger partial charge < -0.3 is 9.80 Å². The number of hydrogen-bond donors (Lipinski definition) is 0. The van der Waals surface area contributed by atoms with E-state index in [1.165, 1.54) is 28.9 Å². The fourth-order valence-corrected chi connectivity index (χ4v) is 6.06. The summed E-state index contributed by atoms with van der Waals surface area (Å²) in [4.78, 5) is 29.3. The summed E-state index contributed by atoms with van der Waals surface area (Å²) < 4.78 is 25.4. The molecule has 2 aliphatic heterocycles. The summed E-state index contributed by atoms with van der Waals surface area (Å²) in [6, 6.07) is 12.5. The Balaban J connectivity index is 1.44. The molecule has 2 amide bonds. The molecule has 2 heterocycles. The van der Waals surface area contributed by atoms with Gasteiger partial charge in [0.2, 0.25) is 15.9 Å². The maximum atomic E-state index is 12.9. The zero-order chi connectivity index (χ0) is 22.3. The van der Waals surface area contributed by atoms with E-state index < -0.39 is 21.8 Å². The summed E-state index contributed by atoms with van der Waals surface area (Å²) in [5.74, 6) is -1.26. The van der Waals surface area contributed by atoms with Crippen LogP contribution in [0.3, 0.4) is 0 Å². The Morgan fingerprint density at radius 2 is 1.61 bits per heavy atom. The number of piperazine rings is 1. The Hall–Kier alpha value is -2.87. The number of amides is 2. The van der Waals surface area contributed by atoms with E-state index in [-0.39, 0.29) is 17.3 Å². The predicted octanol–water partition coefficient (Wildman–Crippen LogP) is 2.58. The number of hydrogen-bond acceptors (Lipinski definition) is 5. The minimum Gasteiger partial charge on any atom is -0.368 e. The molecule has 2 aromatic rings. The third-order valence-electron chi connectivity index (χ3n) is 6.19. The molecular formula is C23H27N3O4S. The highest BCUT2D eigenvalue weighted by atomic mass is 32.2. The first kappa shape index (κ1) is 21.4. The van der Waals surface area contributed by atoms with Crippen molar-refractivity contribution in [3.8, 4) is 0 Å². The van der Waals surface area contributed by atoms with Crippen molar-refractivity contribution in [3.05, 3.63) is 59.2 Å². The Labute approximate surface area is 183 Å². The molecule has 0 saturated carbocycles. The lowest BCUT2D eigenvalue weighted by Crippen LogP contribution is -2.49. The fourth-order valence-electron chi connectivity index (χ4n) is 4.24. The number of carbonyl (C=O) groups is 2. The van der Waals surface area contributed by atoms with Gasteiger partial charge >= 0.3 is 0 Å². The summed E-state index contributed by atoms with van der Waals surface area (Å²) >= 11 is 0. The first-order valence-corrected chi connectivity index (χ1v) is 12.1. The zero-order valence-corrected chi connectivity index (χ0v) is 18.9. The molecule has 0 aromatic heterocycles. The van der Waals surface area contributed by atoms with Crippen LogP contribution in [0, 0.1) is 19.8 Å². The van der Waals surface area contributed by atoms with Gasteiger partial charge in [-0.15, -0.1) is 0 Å². The third-order valence-corrected chi connectivity index (χ3v) is 8.06. The number of aryl methyl sites for hydroxylation is 1. The lowest BCUT2D eigenvalue weighted by molar-refractivity contribution is -0.119. The Morgan fingerprint density at radius 1 is 0.968 bits per heavy atom. The second-order valence-corrected chi connectivity index (χ2v) is 10.2. The van der Waals surface area contributed by atoms with E-state index in [1.54, 1.807) is 19.1 Å². The molecule has 1 unspecified atom stereocenters. The molecule has 2 aliphatic rings. The van der Waals surface area contributed by atoms with Gasteiger partial charge in [-0.05, 0) is 55.3 Å². The Morgan fingerprint density at radius 3 is 2.19 bits per heavy atom. The summed E-state index contributed by atoms with van der Waals surface area (Å²) in [6.45, 7) is 8.57. The molecule has 2 saturated heterocycles. The van der Waals surface area contributed by atoms with E-state index >= 15 is 0 Å². The van der Waals surface area contributed by atoms with Crippen LogP contribution < -0.4 is 9.21 Å². The molecule has 2 aromatic carbocycles. The fraction of sp³-hybridized carbons (Fsp3) is 0.391. The minimum absolute atomic E-state index is 0.0869. The van der Waals surface area contributed by atoms with E-state index in [0.29, 0.717) is 18.7 Å². The number of sulfonamides is 1. The molecule has 8 heteroatoms. The van der Waals surface area contributed by atoms with Crippen LogP contribution in [0.2, 0.25) is 0 Å². The number of carbonyl (C=O) groups excluding carboxylic acids is 2. The van der Waals surface area contributed by atoms with E-state index in [2.05, 4.69) is 36.9 Å². The van der Waals surface area contributed by atoms with E-state index in [4.69, 9.17) is 0 Å². The maximum Gasteiger partial charge on any atom is 0.253 e. The molecule has 7 nitrogen and oxygen atoms in total. The normalized spacial score (nSPS) is 20.9. The van der Waals surface area contributed by atoms with Crippen LogP contribution in [-0.4, -0.2) is 57.1 Å². The molecule has 2 fully saturated rings. The van der Waals surface area contributed by atoms with Crippen LogP contribution in [0.25, 0.3) is 0 Å². The van der Waals surface area contributed by atoms with Crippen LogP contribution in [0.5, 0.6) is 0 Å². The van der Waals surface area contributed by atoms with Crippen molar-refractivity contribution >= 4 is 33.2 Å². The second kappa shape index (κ2) is 8.00. The predicted molar refractivity (Wildman–Crippen MR) is 121 cm³/mol. The molecule has 0 N–H and O–H groups in total. The van der Waals surface area contributed by atoms with Gasteiger partial charge in [0, 0.05) is 37.4 Å². The molecule has 0 spiro atoms. The minimum atomic E-state index is -3.65. The second-order valence-electron chi connectivity index (χ2n) is 8.33. The van der Waals surface area contributed by atoms with E-state index in [1.807, 2.05) is 4.90 Å². The topological polar surface area (TPSA) is 78.0 Å². The summed E-state index contributed by atoms with van der Waals surface area (Å²) in [5, 5.41) is 0. The van der Waals surface area contributed by atoms with Gasteiger partial charge in [0.1, 0.15) is 0 Å². The van der Waals surface area contributed by atoms with Crippen LogP contribution >= 0.6 is 0 Å². The van der Waals surface area contributed by atoms with Gasteiger partial charge in [-0.1, -0.05) is 19.1 Å². The standard InChI is InChI=1S/C23H27N3O4S/c1-16-5-4-6-21(18(16)3)24-11-13-25(14-12-24)23(28)19-7-9-20(10-8-19)26-22(27)17(2)15-31(26,29)30/h4-10,17H,11-15H2,1-3H3. The van der Waals surface area contributed by atoms with Gasteiger partial charge in [0.15, 0.2) is 0 Å². The Bertz CT molecular complexity index is 1120. The van der Waals surface area contributed by atoms with Crippen molar-refractivity contribution in [2.75, 3.05) is 41.1 Å². The third kappa shape index (κ3) is 3.92.